The van der Waals surface area contributed by atoms with Crippen molar-refractivity contribution >= 4 is 20.4 Å². The minimum Gasteiger partial charge on any atom is -0.390 e. The number of nitrogens with one attached hydrogen (secondary N) is 1. The molecule has 4 atom stereocenters. The summed E-state index contributed by atoms with van der Waals surface area (Å²) in [7, 11) is -8.81. The van der Waals surface area contributed by atoms with Crippen LogP contribution in [0.1, 0.15) is 12.8 Å². The number of hydrogen-bond donors (Lipinski definition) is 5. The van der Waals surface area contributed by atoms with Crippen LogP contribution in [0, 0.1) is 5.92 Å². The molecule has 0 aromatic heterocycles. The van der Waals surface area contributed by atoms with Gasteiger partial charge in [0.25, 0.3) is 10.1 Å². The average Bonchev–Trinajstić information content (AvgIpc) is 2.14. The molecule has 108 valence electrons. The Hall–Kier alpha value is -0.300. The van der Waals surface area contributed by atoms with Crippen molar-refractivity contribution in [2.24, 2.45) is 5.92 Å². The van der Waals surface area contributed by atoms with Gasteiger partial charge in [0.1, 0.15) is 0 Å². The van der Waals surface area contributed by atoms with E-state index in [0.717, 1.165) is 0 Å². The van der Waals surface area contributed by atoms with E-state index in [-0.39, 0.29) is 12.8 Å². The van der Waals surface area contributed by atoms with Gasteiger partial charge in [-0.15, -0.1) is 0 Å². The van der Waals surface area contributed by atoms with Crippen molar-refractivity contribution in [1.29, 1.82) is 0 Å². The van der Waals surface area contributed by atoms with Gasteiger partial charge in [-0.05, 0) is 12.8 Å². The fourth-order valence-corrected chi connectivity index (χ4v) is 3.57. The van der Waals surface area contributed by atoms with Gasteiger partial charge in [0, 0.05) is 5.92 Å². The molecular formula is C7H15NO8S2. The maximum Gasteiger partial charge on any atom is 0.333 e. The first-order valence-electron chi connectivity index (χ1n) is 5.05. The van der Waals surface area contributed by atoms with Crippen molar-refractivity contribution in [3.8, 4) is 0 Å². The van der Waals surface area contributed by atoms with Crippen molar-refractivity contribution in [2.75, 3.05) is 5.75 Å². The SMILES string of the molecule is O=S(=O)(O)CC1CCC(NS(=O)(=O)O)[C@@H](O)[C@H]1O. The zero-order valence-electron chi connectivity index (χ0n) is 9.17. The van der Waals surface area contributed by atoms with Crippen LogP contribution in [0.15, 0.2) is 0 Å². The van der Waals surface area contributed by atoms with Gasteiger partial charge >= 0.3 is 10.3 Å². The molecule has 1 rings (SSSR count). The van der Waals surface area contributed by atoms with Gasteiger partial charge in [-0.3, -0.25) is 9.11 Å². The summed E-state index contributed by atoms with van der Waals surface area (Å²) in [5.74, 6) is -1.61. The average molecular weight is 305 g/mol. The Bertz CT molecular complexity index is 440. The summed E-state index contributed by atoms with van der Waals surface area (Å²) in [6.45, 7) is 0. The molecule has 0 aliphatic heterocycles. The molecule has 2 unspecified atom stereocenters. The lowest BCUT2D eigenvalue weighted by molar-refractivity contribution is -0.0529. The predicted molar refractivity (Wildman–Crippen MR) is 59.6 cm³/mol. The molecule has 0 radical (unpaired) electrons. The third-order valence-electron chi connectivity index (χ3n) is 2.82. The zero-order valence-corrected chi connectivity index (χ0v) is 10.8. The van der Waals surface area contributed by atoms with Crippen molar-refractivity contribution in [1.82, 2.24) is 4.72 Å². The van der Waals surface area contributed by atoms with Crippen LogP contribution in [-0.4, -0.2) is 60.2 Å². The first-order chi connectivity index (χ1) is 7.99. The summed E-state index contributed by atoms with van der Waals surface area (Å²) in [6, 6.07) is -1.10. The summed E-state index contributed by atoms with van der Waals surface area (Å²) in [5, 5.41) is 19.2. The highest BCUT2D eigenvalue weighted by molar-refractivity contribution is 7.85. The van der Waals surface area contributed by atoms with E-state index in [1.807, 2.05) is 0 Å². The van der Waals surface area contributed by atoms with Gasteiger partial charge in [0.2, 0.25) is 0 Å². The molecule has 9 nitrogen and oxygen atoms in total. The second-order valence-electron chi connectivity index (χ2n) is 4.27. The Labute approximate surface area is 104 Å². The molecule has 0 aromatic rings. The topological polar surface area (TPSA) is 161 Å². The largest absolute Gasteiger partial charge is 0.390 e. The fourth-order valence-electron chi connectivity index (χ4n) is 2.02. The summed E-state index contributed by atoms with van der Waals surface area (Å²) in [4.78, 5) is 0. The lowest BCUT2D eigenvalue weighted by Gasteiger charge is -2.36. The standard InChI is InChI=1S/C7H15NO8S2/c9-6-4(3-17(11,12)13)1-2-5(7(6)10)8-18(14,15)16/h4-10H,1-3H2,(H,11,12,13)(H,14,15,16)/t4?,5?,6-,7+/m0/s1. The van der Waals surface area contributed by atoms with Gasteiger partial charge in [0.05, 0.1) is 24.0 Å². The van der Waals surface area contributed by atoms with Crippen molar-refractivity contribution in [3.05, 3.63) is 0 Å². The van der Waals surface area contributed by atoms with Crippen molar-refractivity contribution in [3.63, 3.8) is 0 Å². The van der Waals surface area contributed by atoms with E-state index in [1.165, 1.54) is 0 Å². The van der Waals surface area contributed by atoms with E-state index < -0.39 is 50.3 Å². The Kier molecular flexibility index (Phi) is 4.70. The first kappa shape index (κ1) is 15.8. The van der Waals surface area contributed by atoms with Crippen LogP contribution < -0.4 is 4.72 Å². The molecule has 11 heteroatoms. The van der Waals surface area contributed by atoms with E-state index in [9.17, 15) is 27.0 Å². The second-order valence-corrected chi connectivity index (χ2v) is 6.95. The van der Waals surface area contributed by atoms with Gasteiger partial charge in [-0.2, -0.15) is 21.6 Å². The van der Waals surface area contributed by atoms with Crippen LogP contribution in [0.25, 0.3) is 0 Å². The second kappa shape index (κ2) is 5.36. The highest BCUT2D eigenvalue weighted by Gasteiger charge is 2.40. The van der Waals surface area contributed by atoms with Crippen LogP contribution in [0.2, 0.25) is 0 Å². The van der Waals surface area contributed by atoms with E-state index in [2.05, 4.69) is 0 Å². The molecule has 0 spiro atoms. The number of hydrogen-bond acceptors (Lipinski definition) is 6. The molecular weight excluding hydrogens is 290 g/mol. The van der Waals surface area contributed by atoms with Crippen LogP contribution in [0.4, 0.5) is 0 Å². The molecule has 5 N–H and O–H groups in total. The van der Waals surface area contributed by atoms with E-state index in [1.54, 1.807) is 4.72 Å². The predicted octanol–water partition coefficient (Wildman–Crippen LogP) is -2.23. The van der Waals surface area contributed by atoms with Crippen LogP contribution in [-0.2, 0) is 20.4 Å². The molecule has 0 aromatic carbocycles. The first-order valence-corrected chi connectivity index (χ1v) is 8.10. The van der Waals surface area contributed by atoms with E-state index in [0.29, 0.717) is 0 Å². The van der Waals surface area contributed by atoms with E-state index >= 15 is 0 Å². The number of rotatable bonds is 4. The Morgan fingerprint density at radius 1 is 1.00 bits per heavy atom. The molecule has 0 amide bonds. The van der Waals surface area contributed by atoms with Crippen LogP contribution in [0.5, 0.6) is 0 Å². The molecule has 1 aliphatic rings. The molecule has 1 fully saturated rings. The lowest BCUT2D eigenvalue weighted by atomic mass is 9.83. The maximum absolute atomic E-state index is 10.7. The number of aliphatic hydroxyl groups is 2. The molecule has 0 heterocycles. The molecule has 1 aliphatic carbocycles. The Morgan fingerprint density at radius 3 is 2.00 bits per heavy atom. The summed E-state index contributed by atoms with van der Waals surface area (Å²) >= 11 is 0. The third-order valence-corrected chi connectivity index (χ3v) is 4.27. The molecule has 0 bridgehead atoms. The van der Waals surface area contributed by atoms with Gasteiger partial charge in [-0.1, -0.05) is 0 Å². The van der Waals surface area contributed by atoms with E-state index in [4.69, 9.17) is 9.11 Å². The van der Waals surface area contributed by atoms with Gasteiger partial charge in [-0.25, -0.2) is 0 Å². The highest BCUT2D eigenvalue weighted by atomic mass is 32.2. The van der Waals surface area contributed by atoms with Crippen LogP contribution >= 0.6 is 0 Å². The van der Waals surface area contributed by atoms with Gasteiger partial charge in [0.15, 0.2) is 0 Å². The number of aliphatic hydroxyl groups excluding tert-OH is 2. The zero-order chi connectivity index (χ0) is 14.1. The Balaban J connectivity index is 2.72. The van der Waals surface area contributed by atoms with Crippen molar-refractivity contribution in [2.45, 2.75) is 31.1 Å². The smallest absolute Gasteiger partial charge is 0.333 e. The quantitative estimate of drug-likeness (QED) is 0.364. The van der Waals surface area contributed by atoms with Crippen molar-refractivity contribution < 1.29 is 36.2 Å². The summed E-state index contributed by atoms with van der Waals surface area (Å²) in [6.07, 6.45) is -2.98. The molecule has 18 heavy (non-hydrogen) atoms. The van der Waals surface area contributed by atoms with Gasteiger partial charge < -0.3 is 10.2 Å². The highest BCUT2D eigenvalue weighted by Crippen LogP contribution is 2.26. The summed E-state index contributed by atoms with van der Waals surface area (Å²) < 4.78 is 61.4. The third kappa shape index (κ3) is 4.76. The minimum atomic E-state index is -4.52. The lowest BCUT2D eigenvalue weighted by Crippen LogP contribution is -2.54. The maximum atomic E-state index is 10.7. The Morgan fingerprint density at radius 2 is 1.56 bits per heavy atom. The monoisotopic (exact) mass is 305 g/mol. The normalized spacial score (nSPS) is 34.4. The molecule has 0 saturated heterocycles. The fraction of sp³-hybridized carbons (Fsp3) is 1.00. The minimum absolute atomic E-state index is 0.0260. The van der Waals surface area contributed by atoms with Crippen LogP contribution in [0.3, 0.4) is 0 Å². The summed E-state index contributed by atoms with van der Waals surface area (Å²) in [5.41, 5.74) is 0. The molecule has 1 saturated carbocycles.